The van der Waals surface area contributed by atoms with Crippen molar-refractivity contribution >= 4 is 29.4 Å². The number of carboxylic acids is 1. The number of amides is 1. The lowest BCUT2D eigenvalue weighted by Crippen LogP contribution is -2.49. The minimum Gasteiger partial charge on any atom is -0.478 e. The van der Waals surface area contributed by atoms with Crippen molar-refractivity contribution in [1.82, 2.24) is 4.90 Å². The molecule has 1 N–H and O–H groups in total. The molecule has 1 aromatic rings. The number of halogens is 1. The van der Waals surface area contributed by atoms with E-state index < -0.39 is 5.97 Å². The van der Waals surface area contributed by atoms with E-state index in [1.807, 2.05) is 4.90 Å². The Hall–Kier alpha value is -1.95. The number of carbonyl (C=O) groups excluding carboxylic acids is 1. The second kappa shape index (κ2) is 6.67. The van der Waals surface area contributed by atoms with Crippen LogP contribution < -0.4 is 4.90 Å². The summed E-state index contributed by atoms with van der Waals surface area (Å²) in [4.78, 5) is 26.5. The van der Waals surface area contributed by atoms with E-state index in [9.17, 15) is 14.7 Å². The highest BCUT2D eigenvalue weighted by atomic mass is 35.5. The van der Waals surface area contributed by atoms with Gasteiger partial charge in [-0.05, 0) is 25.1 Å². The van der Waals surface area contributed by atoms with E-state index in [1.54, 1.807) is 24.0 Å². The molecule has 1 amide bonds. The molecule has 114 valence electrons. The molecule has 0 bridgehead atoms. The summed E-state index contributed by atoms with van der Waals surface area (Å²) in [7, 11) is 0. The number of aromatic carboxylic acids is 1. The molecule has 1 heterocycles. The number of carboxylic acid groups (broad SMARTS) is 1. The average Bonchev–Trinajstić information content (AvgIpc) is 2.47. The lowest BCUT2D eigenvalue weighted by Gasteiger charge is -2.36. The number of anilines is 1. The lowest BCUT2D eigenvalue weighted by molar-refractivity contribution is 0.0696. The van der Waals surface area contributed by atoms with Crippen LogP contribution >= 0.6 is 11.6 Å². The SMILES string of the molecule is CCOC(=O)N1CCN(c2ccc(Cl)cc2C(=O)O)CC1. The smallest absolute Gasteiger partial charge is 0.409 e. The zero-order valence-electron chi connectivity index (χ0n) is 11.7. The van der Waals surface area contributed by atoms with Gasteiger partial charge in [-0.3, -0.25) is 0 Å². The molecule has 7 heteroatoms. The average molecular weight is 313 g/mol. The molecule has 6 nitrogen and oxygen atoms in total. The van der Waals surface area contributed by atoms with E-state index in [1.165, 1.54) is 6.07 Å². The molecular formula is C14H17ClN2O4. The molecule has 1 aliphatic heterocycles. The monoisotopic (exact) mass is 312 g/mol. The second-order valence-electron chi connectivity index (χ2n) is 4.64. The first-order valence-electron chi connectivity index (χ1n) is 6.72. The third-order valence-electron chi connectivity index (χ3n) is 3.34. The Balaban J connectivity index is 2.09. The topological polar surface area (TPSA) is 70.1 Å². The van der Waals surface area contributed by atoms with Crippen LogP contribution in [0.1, 0.15) is 17.3 Å². The number of hydrogen-bond donors (Lipinski definition) is 1. The maximum atomic E-state index is 11.6. The number of carbonyl (C=O) groups is 2. The Kier molecular flexibility index (Phi) is 4.90. The van der Waals surface area contributed by atoms with Crippen molar-refractivity contribution in [3.05, 3.63) is 28.8 Å². The fourth-order valence-corrected chi connectivity index (χ4v) is 2.47. The zero-order chi connectivity index (χ0) is 15.4. The minimum absolute atomic E-state index is 0.173. The van der Waals surface area contributed by atoms with Crippen LogP contribution in [-0.2, 0) is 4.74 Å². The van der Waals surface area contributed by atoms with E-state index >= 15 is 0 Å². The van der Waals surface area contributed by atoms with Gasteiger partial charge in [0.25, 0.3) is 0 Å². The Morgan fingerprint density at radius 1 is 1.29 bits per heavy atom. The summed E-state index contributed by atoms with van der Waals surface area (Å²) in [5.41, 5.74) is 0.794. The number of nitrogens with zero attached hydrogens (tertiary/aromatic N) is 2. The molecule has 0 aromatic heterocycles. The van der Waals surface area contributed by atoms with Crippen molar-refractivity contribution < 1.29 is 19.4 Å². The summed E-state index contributed by atoms with van der Waals surface area (Å²) in [6.45, 7) is 4.23. The highest BCUT2D eigenvalue weighted by molar-refractivity contribution is 6.31. The third kappa shape index (κ3) is 3.58. The highest BCUT2D eigenvalue weighted by Crippen LogP contribution is 2.25. The quantitative estimate of drug-likeness (QED) is 0.927. The molecule has 0 spiro atoms. The Labute approximate surface area is 127 Å². The second-order valence-corrected chi connectivity index (χ2v) is 5.08. The molecule has 0 unspecified atom stereocenters. The van der Waals surface area contributed by atoms with Gasteiger partial charge in [-0.15, -0.1) is 0 Å². The minimum atomic E-state index is -1.01. The van der Waals surface area contributed by atoms with Crippen LogP contribution in [0.2, 0.25) is 5.02 Å². The van der Waals surface area contributed by atoms with Gasteiger partial charge < -0.3 is 19.6 Å². The Morgan fingerprint density at radius 3 is 2.52 bits per heavy atom. The maximum Gasteiger partial charge on any atom is 0.409 e. The van der Waals surface area contributed by atoms with Gasteiger partial charge in [-0.25, -0.2) is 9.59 Å². The van der Waals surface area contributed by atoms with Crippen LogP contribution in [-0.4, -0.2) is 54.9 Å². The Morgan fingerprint density at radius 2 is 1.95 bits per heavy atom. The number of piperazine rings is 1. The van der Waals surface area contributed by atoms with Gasteiger partial charge in [-0.2, -0.15) is 0 Å². The first-order chi connectivity index (χ1) is 10.0. The predicted octanol–water partition coefficient (Wildman–Crippen LogP) is 2.32. The first kappa shape index (κ1) is 15.4. The van der Waals surface area contributed by atoms with Gasteiger partial charge in [0.05, 0.1) is 17.9 Å². The van der Waals surface area contributed by atoms with E-state index in [2.05, 4.69) is 0 Å². The van der Waals surface area contributed by atoms with Crippen molar-refractivity contribution in [3.63, 3.8) is 0 Å². The predicted molar refractivity (Wildman–Crippen MR) is 79.2 cm³/mol. The summed E-state index contributed by atoms with van der Waals surface area (Å²) < 4.78 is 4.96. The van der Waals surface area contributed by atoms with Crippen molar-refractivity contribution in [2.75, 3.05) is 37.7 Å². The van der Waals surface area contributed by atoms with Crippen LogP contribution in [0.3, 0.4) is 0 Å². The number of ether oxygens (including phenoxy) is 1. The van der Waals surface area contributed by atoms with Crippen molar-refractivity contribution in [2.24, 2.45) is 0 Å². The molecule has 1 aromatic carbocycles. The van der Waals surface area contributed by atoms with Gasteiger partial charge in [-0.1, -0.05) is 11.6 Å². The number of rotatable bonds is 3. The van der Waals surface area contributed by atoms with E-state index in [0.717, 1.165) is 0 Å². The normalized spacial score (nSPS) is 15.0. The van der Waals surface area contributed by atoms with Crippen LogP contribution in [0.15, 0.2) is 18.2 Å². The van der Waals surface area contributed by atoms with E-state index in [-0.39, 0.29) is 11.7 Å². The van der Waals surface area contributed by atoms with Gasteiger partial charge >= 0.3 is 12.1 Å². The molecule has 1 fully saturated rings. The van der Waals surface area contributed by atoms with Gasteiger partial charge in [0, 0.05) is 31.2 Å². The molecule has 1 saturated heterocycles. The summed E-state index contributed by atoms with van der Waals surface area (Å²) in [6.07, 6.45) is -0.327. The molecule has 2 rings (SSSR count). The molecule has 0 saturated carbocycles. The molecule has 21 heavy (non-hydrogen) atoms. The lowest BCUT2D eigenvalue weighted by atomic mass is 10.1. The zero-order valence-corrected chi connectivity index (χ0v) is 12.5. The first-order valence-corrected chi connectivity index (χ1v) is 7.10. The van der Waals surface area contributed by atoms with Gasteiger partial charge in [0.1, 0.15) is 0 Å². The number of benzene rings is 1. The fraction of sp³-hybridized carbons (Fsp3) is 0.429. The highest BCUT2D eigenvalue weighted by Gasteiger charge is 2.24. The third-order valence-corrected chi connectivity index (χ3v) is 3.57. The van der Waals surface area contributed by atoms with Crippen LogP contribution in [0.5, 0.6) is 0 Å². The molecular weight excluding hydrogens is 296 g/mol. The van der Waals surface area contributed by atoms with E-state index in [0.29, 0.717) is 43.5 Å². The maximum absolute atomic E-state index is 11.6. The largest absolute Gasteiger partial charge is 0.478 e. The van der Waals surface area contributed by atoms with Gasteiger partial charge in [0.15, 0.2) is 0 Å². The summed E-state index contributed by atoms with van der Waals surface area (Å²) in [6, 6.07) is 4.81. The van der Waals surface area contributed by atoms with Crippen molar-refractivity contribution in [3.8, 4) is 0 Å². The van der Waals surface area contributed by atoms with E-state index in [4.69, 9.17) is 16.3 Å². The van der Waals surface area contributed by atoms with Crippen molar-refractivity contribution in [1.29, 1.82) is 0 Å². The fourth-order valence-electron chi connectivity index (χ4n) is 2.30. The van der Waals surface area contributed by atoms with Crippen LogP contribution in [0.25, 0.3) is 0 Å². The molecule has 1 aliphatic rings. The van der Waals surface area contributed by atoms with Gasteiger partial charge in [0.2, 0.25) is 0 Å². The van der Waals surface area contributed by atoms with Crippen molar-refractivity contribution in [2.45, 2.75) is 6.92 Å². The standard InChI is InChI=1S/C14H17ClN2O4/c1-2-21-14(20)17-7-5-16(6-8-17)12-4-3-10(15)9-11(12)13(18)19/h3-4,9H,2,5-8H2,1H3,(H,18,19). The molecule has 0 atom stereocenters. The summed E-state index contributed by atoms with van der Waals surface area (Å²) in [5.74, 6) is -1.01. The molecule has 0 aliphatic carbocycles. The van der Waals surface area contributed by atoms with Crippen LogP contribution in [0.4, 0.5) is 10.5 Å². The Bertz CT molecular complexity index is 542. The summed E-state index contributed by atoms with van der Waals surface area (Å²) in [5, 5.41) is 9.65. The molecule has 0 radical (unpaired) electrons. The summed E-state index contributed by atoms with van der Waals surface area (Å²) >= 11 is 5.85. The van der Waals surface area contributed by atoms with Crippen LogP contribution in [0, 0.1) is 0 Å². The number of hydrogen-bond acceptors (Lipinski definition) is 4.